The fraction of sp³-hybridized carbons (Fsp3) is 0.444. The van der Waals surface area contributed by atoms with Crippen LogP contribution in [0.3, 0.4) is 0 Å². The first kappa shape index (κ1) is 9.00. The molecule has 0 aliphatic carbocycles. The molecule has 1 heterocycles. The van der Waals surface area contributed by atoms with Crippen molar-refractivity contribution in [2.45, 2.75) is 20.5 Å². The van der Waals surface area contributed by atoms with E-state index < -0.39 is 0 Å². The summed E-state index contributed by atoms with van der Waals surface area (Å²) in [5.41, 5.74) is 1.64. The normalized spacial score (nSPS) is 9.92. The van der Waals surface area contributed by atoms with E-state index in [9.17, 15) is 0 Å². The van der Waals surface area contributed by atoms with Crippen molar-refractivity contribution in [3.05, 3.63) is 23.5 Å². The maximum absolute atomic E-state index is 8.80. The Labute approximate surface area is 72.0 Å². The molecule has 0 aromatic carbocycles. The van der Waals surface area contributed by atoms with Crippen molar-refractivity contribution in [2.75, 3.05) is 6.61 Å². The number of aliphatic hydroxyl groups is 1. The van der Waals surface area contributed by atoms with Crippen molar-refractivity contribution in [2.24, 2.45) is 0 Å². The first-order valence-electron chi connectivity index (χ1n) is 3.97. The molecule has 1 aromatic rings. The van der Waals surface area contributed by atoms with Crippen molar-refractivity contribution in [1.82, 2.24) is 4.98 Å². The van der Waals surface area contributed by atoms with E-state index in [2.05, 4.69) is 4.98 Å². The Bertz CT molecular complexity index is 261. The number of pyridine rings is 1. The third-order valence-electron chi connectivity index (χ3n) is 1.57. The highest BCUT2D eigenvalue weighted by atomic mass is 16.5. The van der Waals surface area contributed by atoms with Crippen molar-refractivity contribution in [3.63, 3.8) is 0 Å². The van der Waals surface area contributed by atoms with Gasteiger partial charge in [0, 0.05) is 17.8 Å². The summed E-state index contributed by atoms with van der Waals surface area (Å²) in [6.07, 6.45) is 1.70. The third-order valence-corrected chi connectivity index (χ3v) is 1.57. The van der Waals surface area contributed by atoms with Gasteiger partial charge in [-0.15, -0.1) is 0 Å². The van der Waals surface area contributed by atoms with Gasteiger partial charge in [-0.3, -0.25) is 4.98 Å². The highest BCUT2D eigenvalue weighted by Gasteiger charge is 2.00. The maximum atomic E-state index is 8.80. The summed E-state index contributed by atoms with van der Waals surface area (Å²) >= 11 is 0. The standard InChI is InChI=1S/C9H13NO2/c1-3-12-9-4-8(6-11)10-5-7(9)2/h4-5,11H,3,6H2,1-2H3. The van der Waals surface area contributed by atoms with E-state index in [0.29, 0.717) is 12.3 Å². The van der Waals surface area contributed by atoms with Crippen LogP contribution in [0.4, 0.5) is 0 Å². The summed E-state index contributed by atoms with van der Waals surface area (Å²) in [7, 11) is 0. The van der Waals surface area contributed by atoms with Gasteiger partial charge < -0.3 is 9.84 Å². The molecule has 1 N–H and O–H groups in total. The SMILES string of the molecule is CCOc1cc(CO)ncc1C. The lowest BCUT2D eigenvalue weighted by Gasteiger charge is -2.06. The highest BCUT2D eigenvalue weighted by Crippen LogP contribution is 2.17. The van der Waals surface area contributed by atoms with Gasteiger partial charge in [0.25, 0.3) is 0 Å². The third kappa shape index (κ3) is 1.95. The summed E-state index contributed by atoms with van der Waals surface area (Å²) in [6.45, 7) is 4.45. The molecule has 12 heavy (non-hydrogen) atoms. The smallest absolute Gasteiger partial charge is 0.125 e. The van der Waals surface area contributed by atoms with Crippen molar-refractivity contribution in [1.29, 1.82) is 0 Å². The molecule has 0 amide bonds. The van der Waals surface area contributed by atoms with Gasteiger partial charge in [-0.1, -0.05) is 0 Å². The Hall–Kier alpha value is -1.09. The molecule has 66 valence electrons. The summed E-state index contributed by atoms with van der Waals surface area (Å²) in [5.74, 6) is 0.802. The molecule has 0 unspecified atom stereocenters. The van der Waals surface area contributed by atoms with Crippen LogP contribution in [-0.4, -0.2) is 16.7 Å². The van der Waals surface area contributed by atoms with Crippen LogP contribution in [0, 0.1) is 6.92 Å². The van der Waals surface area contributed by atoms with Crippen LogP contribution in [-0.2, 0) is 6.61 Å². The topological polar surface area (TPSA) is 42.4 Å². The Morgan fingerprint density at radius 2 is 2.33 bits per heavy atom. The van der Waals surface area contributed by atoms with Gasteiger partial charge in [0.2, 0.25) is 0 Å². The summed E-state index contributed by atoms with van der Waals surface area (Å²) < 4.78 is 5.33. The molecule has 0 aliphatic heterocycles. The molecule has 3 nitrogen and oxygen atoms in total. The van der Waals surface area contributed by atoms with E-state index in [1.54, 1.807) is 12.3 Å². The monoisotopic (exact) mass is 167 g/mol. The van der Waals surface area contributed by atoms with Gasteiger partial charge in [0.15, 0.2) is 0 Å². The van der Waals surface area contributed by atoms with E-state index >= 15 is 0 Å². The Morgan fingerprint density at radius 1 is 1.58 bits per heavy atom. The number of aromatic nitrogens is 1. The highest BCUT2D eigenvalue weighted by molar-refractivity contribution is 5.31. The van der Waals surface area contributed by atoms with Crippen LogP contribution < -0.4 is 4.74 Å². The van der Waals surface area contributed by atoms with Crippen LogP contribution in [0.5, 0.6) is 5.75 Å². The maximum Gasteiger partial charge on any atom is 0.125 e. The number of aryl methyl sites for hydroxylation is 1. The lowest BCUT2D eigenvalue weighted by molar-refractivity contribution is 0.274. The summed E-state index contributed by atoms with van der Waals surface area (Å²) in [4.78, 5) is 4.01. The van der Waals surface area contributed by atoms with E-state index in [-0.39, 0.29) is 6.61 Å². The van der Waals surface area contributed by atoms with Crippen molar-refractivity contribution < 1.29 is 9.84 Å². The van der Waals surface area contributed by atoms with Gasteiger partial charge >= 0.3 is 0 Å². The minimum Gasteiger partial charge on any atom is -0.493 e. The average Bonchev–Trinajstić information content (AvgIpc) is 2.09. The van der Waals surface area contributed by atoms with Crippen LogP contribution in [0.25, 0.3) is 0 Å². The van der Waals surface area contributed by atoms with Gasteiger partial charge in [-0.2, -0.15) is 0 Å². The van der Waals surface area contributed by atoms with E-state index in [0.717, 1.165) is 11.3 Å². The van der Waals surface area contributed by atoms with Gasteiger partial charge in [0.05, 0.1) is 18.9 Å². The zero-order chi connectivity index (χ0) is 8.97. The van der Waals surface area contributed by atoms with E-state index in [1.807, 2.05) is 13.8 Å². The molecule has 3 heteroatoms. The minimum absolute atomic E-state index is 0.0413. The molecule has 0 saturated carbocycles. The van der Waals surface area contributed by atoms with Crippen molar-refractivity contribution >= 4 is 0 Å². The fourth-order valence-corrected chi connectivity index (χ4v) is 0.943. The minimum atomic E-state index is -0.0413. The molecule has 0 spiro atoms. The van der Waals surface area contributed by atoms with Gasteiger partial charge in [-0.25, -0.2) is 0 Å². The largest absolute Gasteiger partial charge is 0.493 e. The number of hydrogen-bond donors (Lipinski definition) is 1. The van der Waals surface area contributed by atoms with E-state index in [1.165, 1.54) is 0 Å². The number of nitrogens with zero attached hydrogens (tertiary/aromatic N) is 1. The second kappa shape index (κ2) is 4.07. The summed E-state index contributed by atoms with van der Waals surface area (Å²) in [5, 5.41) is 8.80. The number of rotatable bonds is 3. The predicted molar refractivity (Wildman–Crippen MR) is 46.1 cm³/mol. The summed E-state index contributed by atoms with van der Waals surface area (Å²) in [6, 6.07) is 1.76. The van der Waals surface area contributed by atoms with Gasteiger partial charge in [-0.05, 0) is 13.8 Å². The molecule has 0 atom stereocenters. The first-order valence-corrected chi connectivity index (χ1v) is 3.97. The second-order valence-electron chi connectivity index (χ2n) is 2.53. The van der Waals surface area contributed by atoms with Crippen LogP contribution >= 0.6 is 0 Å². The Morgan fingerprint density at radius 3 is 2.92 bits per heavy atom. The Kier molecular flexibility index (Phi) is 3.05. The molecule has 0 saturated heterocycles. The molecule has 0 aliphatic rings. The van der Waals surface area contributed by atoms with Crippen molar-refractivity contribution in [3.8, 4) is 5.75 Å². The lowest BCUT2D eigenvalue weighted by Crippen LogP contribution is -1.97. The second-order valence-corrected chi connectivity index (χ2v) is 2.53. The molecule has 0 fully saturated rings. The average molecular weight is 167 g/mol. The number of ether oxygens (including phenoxy) is 1. The fourth-order valence-electron chi connectivity index (χ4n) is 0.943. The zero-order valence-corrected chi connectivity index (χ0v) is 7.37. The quantitative estimate of drug-likeness (QED) is 0.737. The molecular weight excluding hydrogens is 154 g/mol. The predicted octanol–water partition coefficient (Wildman–Crippen LogP) is 1.28. The zero-order valence-electron chi connectivity index (χ0n) is 7.37. The molecule has 0 radical (unpaired) electrons. The van der Waals surface area contributed by atoms with Crippen LogP contribution in [0.2, 0.25) is 0 Å². The van der Waals surface area contributed by atoms with Crippen LogP contribution in [0.15, 0.2) is 12.3 Å². The molecular formula is C9H13NO2. The number of hydrogen-bond acceptors (Lipinski definition) is 3. The van der Waals surface area contributed by atoms with Gasteiger partial charge in [0.1, 0.15) is 5.75 Å². The first-order chi connectivity index (χ1) is 5.77. The Balaban J connectivity index is 2.91. The molecule has 1 aromatic heterocycles. The molecule has 0 bridgehead atoms. The van der Waals surface area contributed by atoms with E-state index in [4.69, 9.17) is 9.84 Å². The number of aliphatic hydroxyl groups excluding tert-OH is 1. The molecule has 1 rings (SSSR count). The lowest BCUT2D eigenvalue weighted by atomic mass is 10.2. The van der Waals surface area contributed by atoms with Crippen LogP contribution in [0.1, 0.15) is 18.2 Å².